The number of nitrogens with zero attached hydrogens (tertiary/aromatic N) is 7. The van der Waals surface area contributed by atoms with Crippen molar-refractivity contribution < 1.29 is 18.9 Å². The zero-order valence-electron chi connectivity index (χ0n) is 18.2. The first kappa shape index (κ1) is 20.9. The number of benzene rings is 2. The van der Waals surface area contributed by atoms with Crippen molar-refractivity contribution in [3.63, 3.8) is 0 Å². The van der Waals surface area contributed by atoms with Gasteiger partial charge in [0.1, 0.15) is 5.69 Å². The number of amides is 1. The Bertz CT molecular complexity index is 1380. The number of carbonyl (C=O) groups is 1. The third-order valence-corrected chi connectivity index (χ3v) is 5.02. The molecule has 1 aliphatic heterocycles. The number of nitrogens with one attached hydrogen (secondary N) is 1. The third kappa shape index (κ3) is 3.85. The summed E-state index contributed by atoms with van der Waals surface area (Å²) in [7, 11) is 3.91. The van der Waals surface area contributed by atoms with Crippen LogP contribution in [0, 0.1) is 0 Å². The summed E-state index contributed by atoms with van der Waals surface area (Å²) < 4.78 is 16.8. The fraction of sp³-hybridized carbons (Fsp3) is 0.143. The van der Waals surface area contributed by atoms with Gasteiger partial charge in [-0.15, -0.1) is 5.10 Å². The van der Waals surface area contributed by atoms with E-state index in [9.17, 15) is 4.79 Å². The van der Waals surface area contributed by atoms with E-state index in [0.717, 1.165) is 11.3 Å². The highest BCUT2D eigenvalue weighted by molar-refractivity contribution is 5.99. The molecule has 5 rings (SSSR count). The molecule has 0 atom stereocenters. The second kappa shape index (κ2) is 8.54. The molecule has 0 aliphatic carbocycles. The molecule has 0 radical (unpaired) electrons. The molecule has 34 heavy (non-hydrogen) atoms. The minimum Gasteiger partial charge on any atom is -0.454 e. The SMILES string of the molecule is CN(C)c1ccc(C=NNC(=O)c2nnn(-c3nonc3N)c2-c2ccc3c(c2)OCO3)cc1. The summed E-state index contributed by atoms with van der Waals surface area (Å²) in [4.78, 5) is 15.0. The zero-order valence-corrected chi connectivity index (χ0v) is 18.2. The Labute approximate surface area is 192 Å². The first-order valence-corrected chi connectivity index (χ1v) is 10.1. The van der Waals surface area contributed by atoms with Crippen LogP contribution in [0.5, 0.6) is 11.5 Å². The molecular weight excluding hydrogens is 442 g/mol. The minimum absolute atomic E-state index is 0.0126. The van der Waals surface area contributed by atoms with Crippen LogP contribution in [-0.2, 0) is 0 Å². The average Bonchev–Trinajstić information content (AvgIpc) is 3.57. The average molecular weight is 461 g/mol. The van der Waals surface area contributed by atoms with Gasteiger partial charge in [0.15, 0.2) is 17.2 Å². The van der Waals surface area contributed by atoms with Crippen molar-refractivity contribution in [2.75, 3.05) is 31.5 Å². The predicted octanol–water partition coefficient (Wildman–Crippen LogP) is 1.46. The highest BCUT2D eigenvalue weighted by Gasteiger charge is 2.26. The number of rotatable bonds is 6. The standard InChI is InChI=1S/C21H19N9O4/c1-29(2)14-6-3-12(4-7-14)10-23-25-21(31)17-18(13-5-8-15-16(9-13)33-11-32-15)30(28-24-17)20-19(22)26-34-27-20/h3-10H,11H2,1-2H3,(H2,22,26)(H,25,31). The molecule has 0 unspecified atom stereocenters. The van der Waals surface area contributed by atoms with Crippen LogP contribution in [0.4, 0.5) is 11.5 Å². The maximum absolute atomic E-state index is 13.0. The highest BCUT2D eigenvalue weighted by Crippen LogP contribution is 2.37. The number of nitrogens with two attached hydrogens (primary N) is 1. The molecule has 3 heterocycles. The van der Waals surface area contributed by atoms with Gasteiger partial charge >= 0.3 is 0 Å². The van der Waals surface area contributed by atoms with Crippen LogP contribution in [-0.4, -0.2) is 58.3 Å². The number of anilines is 2. The van der Waals surface area contributed by atoms with Gasteiger partial charge in [-0.05, 0) is 46.2 Å². The lowest BCUT2D eigenvalue weighted by Crippen LogP contribution is -2.19. The van der Waals surface area contributed by atoms with Crippen LogP contribution in [0.3, 0.4) is 0 Å². The summed E-state index contributed by atoms with van der Waals surface area (Å²) in [5, 5.41) is 19.4. The maximum Gasteiger partial charge on any atom is 0.294 e. The van der Waals surface area contributed by atoms with Gasteiger partial charge in [-0.3, -0.25) is 4.79 Å². The van der Waals surface area contributed by atoms with Crippen molar-refractivity contribution in [1.29, 1.82) is 0 Å². The van der Waals surface area contributed by atoms with Gasteiger partial charge in [-0.1, -0.05) is 17.3 Å². The lowest BCUT2D eigenvalue weighted by molar-refractivity contribution is 0.0950. The molecule has 1 amide bonds. The van der Waals surface area contributed by atoms with Crippen molar-refractivity contribution in [1.82, 2.24) is 30.7 Å². The summed E-state index contributed by atoms with van der Waals surface area (Å²) >= 11 is 0. The van der Waals surface area contributed by atoms with E-state index < -0.39 is 5.91 Å². The fourth-order valence-electron chi connectivity index (χ4n) is 3.30. The Morgan fingerprint density at radius 1 is 1.15 bits per heavy atom. The lowest BCUT2D eigenvalue weighted by Gasteiger charge is -2.11. The predicted molar refractivity (Wildman–Crippen MR) is 121 cm³/mol. The summed E-state index contributed by atoms with van der Waals surface area (Å²) in [6, 6.07) is 12.8. The van der Waals surface area contributed by atoms with E-state index in [2.05, 4.69) is 35.8 Å². The number of aromatic nitrogens is 5. The van der Waals surface area contributed by atoms with E-state index in [4.69, 9.17) is 15.2 Å². The number of fused-ring (bicyclic) bond motifs is 1. The second-order valence-electron chi connectivity index (χ2n) is 7.42. The molecule has 1 aliphatic rings. The van der Waals surface area contributed by atoms with Crippen LogP contribution >= 0.6 is 0 Å². The molecule has 0 saturated carbocycles. The van der Waals surface area contributed by atoms with E-state index in [1.807, 2.05) is 43.3 Å². The topological polar surface area (TPSA) is 159 Å². The monoisotopic (exact) mass is 461 g/mol. The first-order chi connectivity index (χ1) is 16.5. The van der Waals surface area contributed by atoms with Crippen molar-refractivity contribution in [3.05, 3.63) is 53.7 Å². The Morgan fingerprint density at radius 2 is 1.94 bits per heavy atom. The summed E-state index contributed by atoms with van der Waals surface area (Å²) in [6.07, 6.45) is 1.53. The van der Waals surface area contributed by atoms with Crippen molar-refractivity contribution in [2.24, 2.45) is 5.10 Å². The van der Waals surface area contributed by atoms with Gasteiger partial charge < -0.3 is 20.1 Å². The molecule has 4 aromatic rings. The van der Waals surface area contributed by atoms with E-state index in [1.165, 1.54) is 10.9 Å². The van der Waals surface area contributed by atoms with Crippen LogP contribution < -0.4 is 25.5 Å². The highest BCUT2D eigenvalue weighted by atomic mass is 16.7. The van der Waals surface area contributed by atoms with E-state index in [1.54, 1.807) is 18.2 Å². The largest absolute Gasteiger partial charge is 0.454 e. The number of carbonyl (C=O) groups excluding carboxylic acids is 1. The molecule has 0 fully saturated rings. The summed E-state index contributed by atoms with van der Waals surface area (Å²) in [5.41, 5.74) is 11.0. The number of hydrazone groups is 1. The number of hydrogen-bond donors (Lipinski definition) is 2. The van der Waals surface area contributed by atoms with E-state index in [-0.39, 0.29) is 24.1 Å². The van der Waals surface area contributed by atoms with Gasteiger partial charge in [0.05, 0.1) is 6.21 Å². The van der Waals surface area contributed by atoms with Gasteiger partial charge in [-0.25, -0.2) is 10.1 Å². The van der Waals surface area contributed by atoms with Crippen molar-refractivity contribution in [2.45, 2.75) is 0 Å². The first-order valence-electron chi connectivity index (χ1n) is 10.1. The maximum atomic E-state index is 13.0. The molecule has 3 N–H and O–H groups in total. The molecule has 0 saturated heterocycles. The molecule has 2 aromatic heterocycles. The van der Waals surface area contributed by atoms with Crippen LogP contribution in [0.15, 0.2) is 52.2 Å². The molecule has 13 heteroatoms. The summed E-state index contributed by atoms with van der Waals surface area (Å²) in [6.45, 7) is 0.105. The minimum atomic E-state index is -0.588. The van der Waals surface area contributed by atoms with Gasteiger partial charge in [0.25, 0.3) is 5.91 Å². The second-order valence-corrected chi connectivity index (χ2v) is 7.42. The van der Waals surface area contributed by atoms with Gasteiger partial charge in [0, 0.05) is 25.3 Å². The van der Waals surface area contributed by atoms with Gasteiger partial charge in [0.2, 0.25) is 18.4 Å². The van der Waals surface area contributed by atoms with Crippen LogP contribution in [0.25, 0.3) is 17.1 Å². The van der Waals surface area contributed by atoms with E-state index >= 15 is 0 Å². The number of hydrogen-bond acceptors (Lipinski definition) is 11. The smallest absolute Gasteiger partial charge is 0.294 e. The summed E-state index contributed by atoms with van der Waals surface area (Å²) in [5.74, 6) is 0.583. The lowest BCUT2D eigenvalue weighted by atomic mass is 10.1. The van der Waals surface area contributed by atoms with Crippen molar-refractivity contribution in [3.8, 4) is 28.6 Å². The zero-order chi connectivity index (χ0) is 23.7. The van der Waals surface area contributed by atoms with E-state index in [0.29, 0.717) is 22.8 Å². The molecular formula is C21H19N9O4. The molecule has 0 bridgehead atoms. The number of nitrogen functional groups attached to an aromatic ring is 1. The third-order valence-electron chi connectivity index (χ3n) is 5.02. The van der Waals surface area contributed by atoms with Crippen LogP contribution in [0.2, 0.25) is 0 Å². The van der Waals surface area contributed by atoms with Crippen molar-refractivity contribution >= 4 is 23.6 Å². The fourth-order valence-corrected chi connectivity index (χ4v) is 3.30. The molecule has 13 nitrogen and oxygen atoms in total. The Hall–Kier alpha value is -4.94. The molecule has 0 spiro atoms. The number of ether oxygens (including phenoxy) is 2. The molecule has 172 valence electrons. The Balaban J connectivity index is 1.46. The normalized spacial score (nSPS) is 12.3. The Morgan fingerprint density at radius 3 is 2.68 bits per heavy atom. The Kier molecular flexibility index (Phi) is 5.26. The van der Waals surface area contributed by atoms with Crippen LogP contribution in [0.1, 0.15) is 16.1 Å². The quantitative estimate of drug-likeness (QED) is 0.318. The van der Waals surface area contributed by atoms with Gasteiger partial charge in [-0.2, -0.15) is 9.78 Å². The molecule has 2 aromatic carbocycles.